The topological polar surface area (TPSA) is 66.8 Å². The minimum Gasteiger partial charge on any atom is -0.507 e. The number of carbonyl (C=O) groups is 2. The molecule has 0 saturated carbocycles. The number of aliphatic hydroxyl groups is 1. The maximum atomic E-state index is 13.0. The quantitative estimate of drug-likeness (QED) is 0.434. The third-order valence-corrected chi connectivity index (χ3v) is 5.29. The number of nitrogens with zero attached hydrogens (tertiary/aromatic N) is 1. The minimum atomic E-state index is -0.706. The van der Waals surface area contributed by atoms with Crippen molar-refractivity contribution in [2.75, 3.05) is 13.7 Å². The molecule has 0 aliphatic carbocycles. The summed E-state index contributed by atoms with van der Waals surface area (Å²) >= 11 is 6.28. The van der Waals surface area contributed by atoms with E-state index in [9.17, 15) is 14.7 Å². The lowest BCUT2D eigenvalue weighted by molar-refractivity contribution is -0.139. The lowest BCUT2D eigenvalue weighted by Gasteiger charge is -2.25. The van der Waals surface area contributed by atoms with Gasteiger partial charge in [-0.2, -0.15) is 0 Å². The van der Waals surface area contributed by atoms with Gasteiger partial charge in [0.2, 0.25) is 0 Å². The number of halogens is 1. The molecular weight excluding hydrogens is 390 g/mol. The largest absolute Gasteiger partial charge is 0.507 e. The summed E-state index contributed by atoms with van der Waals surface area (Å²) in [5.74, 6) is -1.34. The van der Waals surface area contributed by atoms with Crippen LogP contribution in [0.1, 0.15) is 41.6 Å². The average Bonchev–Trinajstić information content (AvgIpc) is 2.92. The van der Waals surface area contributed by atoms with Gasteiger partial charge in [0.15, 0.2) is 0 Å². The normalized spacial score (nSPS) is 18.4. The van der Waals surface area contributed by atoms with Crippen LogP contribution in [-0.2, 0) is 9.59 Å². The van der Waals surface area contributed by atoms with Crippen LogP contribution in [0.2, 0.25) is 5.02 Å². The molecule has 1 fully saturated rings. The van der Waals surface area contributed by atoms with Crippen molar-refractivity contribution in [3.63, 3.8) is 0 Å². The number of Topliss-reactive ketones (excluding diaryl/α,β-unsaturated/α-hetero) is 1. The fourth-order valence-corrected chi connectivity index (χ4v) is 4.15. The van der Waals surface area contributed by atoms with Gasteiger partial charge in [0.25, 0.3) is 11.7 Å². The minimum absolute atomic E-state index is 0.0500. The molecule has 1 amide bonds. The maximum Gasteiger partial charge on any atom is 0.295 e. The van der Waals surface area contributed by atoms with Crippen LogP contribution in [-0.4, -0.2) is 35.4 Å². The number of amides is 1. The van der Waals surface area contributed by atoms with E-state index in [0.29, 0.717) is 23.6 Å². The zero-order chi connectivity index (χ0) is 21.3. The van der Waals surface area contributed by atoms with E-state index in [1.54, 1.807) is 12.1 Å². The van der Waals surface area contributed by atoms with Crippen LogP contribution in [0.15, 0.2) is 42.0 Å². The maximum absolute atomic E-state index is 13.0. The van der Waals surface area contributed by atoms with Crippen LogP contribution in [0.25, 0.3) is 5.76 Å². The van der Waals surface area contributed by atoms with Crippen molar-refractivity contribution >= 4 is 29.1 Å². The Hall–Kier alpha value is -2.79. The van der Waals surface area contributed by atoms with Gasteiger partial charge in [0, 0.05) is 6.54 Å². The first kappa shape index (κ1) is 20.9. The van der Waals surface area contributed by atoms with Gasteiger partial charge < -0.3 is 14.7 Å². The highest BCUT2D eigenvalue weighted by Crippen LogP contribution is 2.42. The van der Waals surface area contributed by atoms with E-state index in [1.807, 2.05) is 45.0 Å². The third kappa shape index (κ3) is 3.75. The molecule has 2 aromatic carbocycles. The molecule has 1 unspecified atom stereocenters. The van der Waals surface area contributed by atoms with Gasteiger partial charge in [0.05, 0.1) is 29.3 Å². The van der Waals surface area contributed by atoms with Crippen molar-refractivity contribution in [1.29, 1.82) is 0 Å². The van der Waals surface area contributed by atoms with Gasteiger partial charge in [-0.1, -0.05) is 48.4 Å². The van der Waals surface area contributed by atoms with Crippen LogP contribution < -0.4 is 4.74 Å². The first-order valence-electron chi connectivity index (χ1n) is 9.49. The lowest BCUT2D eigenvalue weighted by Crippen LogP contribution is -2.30. The SMILES string of the molecule is CCCN1C(=O)C(=O)/C(=C(/O)c2cc(C)cc(Cl)c2OC)C1c1cccc(C)c1. The number of methoxy groups -OCH3 is 1. The Kier molecular flexibility index (Phi) is 5.99. The van der Waals surface area contributed by atoms with Gasteiger partial charge in [-0.15, -0.1) is 0 Å². The Bertz CT molecular complexity index is 1010. The van der Waals surface area contributed by atoms with Crippen LogP contribution >= 0.6 is 11.6 Å². The summed E-state index contributed by atoms with van der Waals surface area (Å²) in [6.07, 6.45) is 0.689. The van der Waals surface area contributed by atoms with Crippen LogP contribution in [0.5, 0.6) is 5.75 Å². The Morgan fingerprint density at radius 2 is 1.90 bits per heavy atom. The molecule has 1 saturated heterocycles. The van der Waals surface area contributed by atoms with Crippen LogP contribution in [0.4, 0.5) is 0 Å². The van der Waals surface area contributed by atoms with Crippen molar-refractivity contribution < 1.29 is 19.4 Å². The molecule has 1 heterocycles. The van der Waals surface area contributed by atoms with Crippen molar-refractivity contribution in [3.8, 4) is 5.75 Å². The number of likely N-dealkylation sites (tertiary alicyclic amines) is 1. The third-order valence-electron chi connectivity index (χ3n) is 5.01. The highest BCUT2D eigenvalue weighted by Gasteiger charge is 2.46. The molecule has 1 N–H and O–H groups in total. The van der Waals surface area contributed by atoms with E-state index in [-0.39, 0.29) is 17.1 Å². The fraction of sp³-hybridized carbons (Fsp3) is 0.304. The van der Waals surface area contributed by atoms with E-state index >= 15 is 0 Å². The van der Waals surface area contributed by atoms with Gasteiger partial charge in [0.1, 0.15) is 11.5 Å². The first-order valence-corrected chi connectivity index (χ1v) is 9.87. The zero-order valence-corrected chi connectivity index (χ0v) is 17.7. The standard InChI is InChI=1S/C23H24ClNO4/c1-5-9-25-19(15-8-6-7-13(2)10-15)18(21(27)23(25)28)20(26)16-11-14(3)12-17(24)22(16)29-4/h6-8,10-12,19,26H,5,9H2,1-4H3/b20-18+. The molecule has 29 heavy (non-hydrogen) atoms. The molecule has 1 aliphatic heterocycles. The van der Waals surface area contributed by atoms with Gasteiger partial charge in [-0.25, -0.2) is 0 Å². The van der Waals surface area contributed by atoms with E-state index in [4.69, 9.17) is 16.3 Å². The molecule has 152 valence electrons. The number of ether oxygens (including phenoxy) is 1. The predicted molar refractivity (Wildman–Crippen MR) is 113 cm³/mol. The van der Waals surface area contributed by atoms with Gasteiger partial charge in [-0.3, -0.25) is 9.59 Å². The highest BCUT2D eigenvalue weighted by molar-refractivity contribution is 6.46. The Balaban J connectivity index is 2.29. The number of aryl methyl sites for hydroxylation is 2. The van der Waals surface area contributed by atoms with Crippen molar-refractivity contribution in [2.24, 2.45) is 0 Å². The Labute approximate surface area is 175 Å². The summed E-state index contributed by atoms with van der Waals surface area (Å²) in [4.78, 5) is 27.3. The van der Waals surface area contributed by atoms with E-state index in [0.717, 1.165) is 16.7 Å². The van der Waals surface area contributed by atoms with Crippen LogP contribution in [0, 0.1) is 13.8 Å². The molecule has 0 bridgehead atoms. The number of benzene rings is 2. The summed E-state index contributed by atoms with van der Waals surface area (Å²) in [5, 5.41) is 11.5. The molecule has 6 heteroatoms. The van der Waals surface area contributed by atoms with E-state index < -0.39 is 17.7 Å². The monoisotopic (exact) mass is 413 g/mol. The molecule has 1 aliphatic rings. The second kappa shape index (κ2) is 8.29. The summed E-state index contributed by atoms with van der Waals surface area (Å²) < 4.78 is 5.37. The predicted octanol–water partition coefficient (Wildman–Crippen LogP) is 4.80. The summed E-state index contributed by atoms with van der Waals surface area (Å²) in [6, 6.07) is 10.3. The Morgan fingerprint density at radius 3 is 2.52 bits per heavy atom. The van der Waals surface area contributed by atoms with Crippen LogP contribution in [0.3, 0.4) is 0 Å². The second-order valence-corrected chi connectivity index (χ2v) is 7.64. The van der Waals surface area contributed by atoms with Crippen molar-refractivity contribution in [3.05, 3.63) is 69.2 Å². The van der Waals surface area contributed by atoms with Crippen molar-refractivity contribution in [2.45, 2.75) is 33.2 Å². The summed E-state index contributed by atoms with van der Waals surface area (Å²) in [7, 11) is 1.45. The van der Waals surface area contributed by atoms with Gasteiger partial charge in [-0.05, 0) is 43.5 Å². The summed E-state index contributed by atoms with van der Waals surface area (Å²) in [5.41, 5.74) is 2.92. The molecule has 2 aromatic rings. The molecule has 5 nitrogen and oxygen atoms in total. The van der Waals surface area contributed by atoms with E-state index in [1.165, 1.54) is 12.0 Å². The molecule has 0 aromatic heterocycles. The Morgan fingerprint density at radius 1 is 1.17 bits per heavy atom. The molecule has 0 spiro atoms. The molecule has 0 radical (unpaired) electrons. The average molecular weight is 414 g/mol. The lowest BCUT2D eigenvalue weighted by atomic mass is 9.93. The number of ketones is 1. The van der Waals surface area contributed by atoms with E-state index in [2.05, 4.69) is 0 Å². The first-order chi connectivity index (χ1) is 13.8. The number of hydrogen-bond acceptors (Lipinski definition) is 4. The number of hydrogen-bond donors (Lipinski definition) is 1. The molecular formula is C23H24ClNO4. The summed E-state index contributed by atoms with van der Waals surface area (Å²) in [6.45, 7) is 6.12. The molecule has 3 rings (SSSR count). The van der Waals surface area contributed by atoms with Crippen molar-refractivity contribution in [1.82, 2.24) is 4.90 Å². The number of carbonyl (C=O) groups excluding carboxylic acids is 2. The van der Waals surface area contributed by atoms with Gasteiger partial charge >= 0.3 is 0 Å². The molecule has 1 atom stereocenters. The zero-order valence-electron chi connectivity index (χ0n) is 17.0. The second-order valence-electron chi connectivity index (χ2n) is 7.23. The smallest absolute Gasteiger partial charge is 0.295 e. The highest BCUT2D eigenvalue weighted by atomic mass is 35.5. The number of aliphatic hydroxyl groups excluding tert-OH is 1. The number of rotatable bonds is 5. The fourth-order valence-electron chi connectivity index (χ4n) is 3.80.